The molecule has 0 aromatic heterocycles. The van der Waals surface area contributed by atoms with Gasteiger partial charge in [-0.15, -0.1) is 0 Å². The van der Waals surface area contributed by atoms with Crippen LogP contribution >= 0.6 is 15.9 Å². The van der Waals surface area contributed by atoms with Crippen molar-refractivity contribution >= 4 is 39.4 Å². The molecule has 26 heavy (non-hydrogen) atoms. The second-order valence-electron chi connectivity index (χ2n) is 7.57. The average molecular weight is 423 g/mol. The number of fused-ring (bicyclic) bond motifs is 3. The fourth-order valence-electron chi connectivity index (χ4n) is 4.28. The Morgan fingerprint density at radius 3 is 2.08 bits per heavy atom. The molecule has 2 amide bonds. The van der Waals surface area contributed by atoms with Crippen LogP contribution in [-0.2, 0) is 9.59 Å². The van der Waals surface area contributed by atoms with E-state index in [-0.39, 0.29) is 11.8 Å². The van der Waals surface area contributed by atoms with Crippen molar-refractivity contribution in [3.63, 3.8) is 0 Å². The quantitative estimate of drug-likeness (QED) is 0.691. The smallest absolute Gasteiger partial charge is 0.309 e. The SMILES string of the molecule is CNC(=O)c1cc(C)cc(Br)c1NC(=O)C12CCC(C(=O)O)(CC1)CC2. The van der Waals surface area contributed by atoms with E-state index in [1.54, 1.807) is 13.1 Å². The summed E-state index contributed by atoms with van der Waals surface area (Å²) in [6, 6.07) is 3.60. The molecule has 4 rings (SSSR count). The average Bonchev–Trinajstić information content (AvgIpc) is 2.64. The van der Waals surface area contributed by atoms with Crippen molar-refractivity contribution in [1.82, 2.24) is 5.32 Å². The molecular weight excluding hydrogens is 400 g/mol. The molecule has 3 aliphatic carbocycles. The minimum Gasteiger partial charge on any atom is -0.481 e. The van der Waals surface area contributed by atoms with Gasteiger partial charge in [0.1, 0.15) is 0 Å². The van der Waals surface area contributed by atoms with E-state index >= 15 is 0 Å². The molecule has 0 unspecified atom stereocenters. The summed E-state index contributed by atoms with van der Waals surface area (Å²) in [4.78, 5) is 36.9. The zero-order valence-electron chi connectivity index (χ0n) is 14.9. The summed E-state index contributed by atoms with van der Waals surface area (Å²) >= 11 is 3.45. The Bertz CT molecular complexity index is 765. The first-order valence-electron chi connectivity index (χ1n) is 8.80. The van der Waals surface area contributed by atoms with Crippen LogP contribution < -0.4 is 10.6 Å². The summed E-state index contributed by atoms with van der Waals surface area (Å²) in [6.45, 7) is 1.88. The minimum absolute atomic E-state index is 0.120. The van der Waals surface area contributed by atoms with Gasteiger partial charge < -0.3 is 15.7 Å². The van der Waals surface area contributed by atoms with Crippen LogP contribution in [0.1, 0.15) is 54.4 Å². The Morgan fingerprint density at radius 1 is 1.04 bits per heavy atom. The lowest BCUT2D eigenvalue weighted by molar-refractivity contribution is -0.162. The number of aryl methyl sites for hydroxylation is 1. The molecule has 0 spiro atoms. The first-order chi connectivity index (χ1) is 12.2. The lowest BCUT2D eigenvalue weighted by Gasteiger charge is -2.50. The summed E-state index contributed by atoms with van der Waals surface area (Å²) in [5.41, 5.74) is 0.597. The van der Waals surface area contributed by atoms with Gasteiger partial charge in [-0.2, -0.15) is 0 Å². The summed E-state index contributed by atoms with van der Waals surface area (Å²) in [6.07, 6.45) is 3.32. The zero-order valence-corrected chi connectivity index (χ0v) is 16.5. The molecule has 6 nitrogen and oxygen atoms in total. The van der Waals surface area contributed by atoms with Crippen LogP contribution in [0.4, 0.5) is 5.69 Å². The molecule has 0 aliphatic heterocycles. The van der Waals surface area contributed by atoms with Gasteiger partial charge in [0, 0.05) is 16.9 Å². The first kappa shape index (κ1) is 18.9. The number of nitrogens with one attached hydrogen (secondary N) is 2. The highest BCUT2D eigenvalue weighted by molar-refractivity contribution is 9.10. The number of carbonyl (C=O) groups excluding carboxylic acids is 2. The molecule has 0 saturated heterocycles. The van der Waals surface area contributed by atoms with E-state index in [0.717, 1.165) is 5.56 Å². The third-order valence-electron chi connectivity index (χ3n) is 6.13. The Kier molecular flexibility index (Phi) is 4.86. The lowest BCUT2D eigenvalue weighted by atomic mass is 9.53. The number of rotatable bonds is 4. The zero-order chi connectivity index (χ0) is 19.1. The second-order valence-corrected chi connectivity index (χ2v) is 8.42. The molecule has 3 aliphatic rings. The predicted molar refractivity (Wildman–Crippen MR) is 101 cm³/mol. The summed E-state index contributed by atoms with van der Waals surface area (Å²) < 4.78 is 0.660. The maximum absolute atomic E-state index is 13.1. The Balaban J connectivity index is 1.86. The Labute approximate surface area is 160 Å². The van der Waals surface area contributed by atoms with Crippen LogP contribution in [-0.4, -0.2) is 29.9 Å². The van der Waals surface area contributed by atoms with Gasteiger partial charge in [0.2, 0.25) is 5.91 Å². The van der Waals surface area contributed by atoms with Crippen LogP contribution in [0.25, 0.3) is 0 Å². The molecule has 3 N–H and O–H groups in total. The van der Waals surface area contributed by atoms with Crippen molar-refractivity contribution in [3.8, 4) is 0 Å². The number of benzene rings is 1. The monoisotopic (exact) mass is 422 g/mol. The van der Waals surface area contributed by atoms with Gasteiger partial charge >= 0.3 is 5.97 Å². The number of halogens is 1. The van der Waals surface area contributed by atoms with E-state index in [1.165, 1.54) is 0 Å². The Hall–Kier alpha value is -1.89. The van der Waals surface area contributed by atoms with Gasteiger partial charge in [0.15, 0.2) is 0 Å². The van der Waals surface area contributed by atoms with Gasteiger partial charge in [0.05, 0.1) is 16.7 Å². The Morgan fingerprint density at radius 2 is 1.58 bits per heavy atom. The highest BCUT2D eigenvalue weighted by Gasteiger charge is 2.55. The van der Waals surface area contributed by atoms with Crippen molar-refractivity contribution < 1.29 is 19.5 Å². The molecule has 3 saturated carbocycles. The molecule has 3 fully saturated rings. The number of carboxylic acid groups (broad SMARTS) is 1. The van der Waals surface area contributed by atoms with E-state index in [4.69, 9.17) is 0 Å². The minimum atomic E-state index is -0.741. The summed E-state index contributed by atoms with van der Waals surface area (Å²) in [5, 5.41) is 15.1. The molecule has 1 aromatic carbocycles. The van der Waals surface area contributed by atoms with Gasteiger partial charge in [-0.25, -0.2) is 0 Å². The number of carboxylic acids is 1. The van der Waals surface area contributed by atoms with Crippen molar-refractivity contribution in [2.75, 3.05) is 12.4 Å². The lowest BCUT2D eigenvalue weighted by Crippen LogP contribution is -2.50. The second kappa shape index (κ2) is 6.68. The molecule has 0 heterocycles. The molecular formula is C19H23BrN2O4. The standard InChI is InChI=1S/C19H23BrN2O4/c1-11-9-12(15(23)21-2)14(13(20)10-11)22-16(24)18-3-6-19(7-4-18,8-5-18)17(25)26/h9-10H,3-8H2,1-2H3,(H,21,23)(H,22,24)(H,25,26). The van der Waals surface area contributed by atoms with Crippen LogP contribution in [0.3, 0.4) is 0 Å². The third kappa shape index (κ3) is 3.02. The number of amides is 2. The van der Waals surface area contributed by atoms with Gasteiger partial charge in [-0.1, -0.05) is 0 Å². The van der Waals surface area contributed by atoms with Crippen LogP contribution in [0.5, 0.6) is 0 Å². The van der Waals surface area contributed by atoms with Crippen molar-refractivity contribution in [1.29, 1.82) is 0 Å². The van der Waals surface area contributed by atoms with Gasteiger partial charge in [-0.3, -0.25) is 14.4 Å². The highest BCUT2D eigenvalue weighted by atomic mass is 79.9. The van der Waals surface area contributed by atoms with Crippen LogP contribution in [0, 0.1) is 17.8 Å². The number of aliphatic carboxylic acids is 1. The number of hydrogen-bond acceptors (Lipinski definition) is 3. The van der Waals surface area contributed by atoms with Crippen molar-refractivity contribution in [2.24, 2.45) is 10.8 Å². The predicted octanol–water partition coefficient (Wildman–Crippen LogP) is 3.48. The molecule has 140 valence electrons. The van der Waals surface area contributed by atoms with Crippen LogP contribution in [0.2, 0.25) is 0 Å². The normalized spacial score (nSPS) is 27.0. The number of hydrogen-bond donors (Lipinski definition) is 3. The fraction of sp³-hybridized carbons (Fsp3) is 0.526. The van der Waals surface area contributed by atoms with E-state index in [9.17, 15) is 19.5 Å². The van der Waals surface area contributed by atoms with E-state index in [1.807, 2.05) is 13.0 Å². The maximum Gasteiger partial charge on any atom is 0.309 e. The first-order valence-corrected chi connectivity index (χ1v) is 9.59. The number of anilines is 1. The van der Waals surface area contributed by atoms with E-state index in [0.29, 0.717) is 54.2 Å². The number of carbonyl (C=O) groups is 3. The molecule has 1 aromatic rings. The van der Waals surface area contributed by atoms with E-state index in [2.05, 4.69) is 26.6 Å². The van der Waals surface area contributed by atoms with Gasteiger partial charge in [0.25, 0.3) is 5.91 Å². The van der Waals surface area contributed by atoms with Crippen molar-refractivity contribution in [2.45, 2.75) is 45.4 Å². The highest BCUT2D eigenvalue weighted by Crippen LogP contribution is 2.57. The molecule has 7 heteroatoms. The van der Waals surface area contributed by atoms with Gasteiger partial charge in [-0.05, 0) is 79.1 Å². The summed E-state index contributed by atoms with van der Waals surface area (Å²) in [7, 11) is 1.55. The topological polar surface area (TPSA) is 95.5 Å². The fourth-order valence-corrected chi connectivity index (χ4v) is 4.95. The largest absolute Gasteiger partial charge is 0.481 e. The van der Waals surface area contributed by atoms with Crippen molar-refractivity contribution in [3.05, 3.63) is 27.7 Å². The summed E-state index contributed by atoms with van der Waals surface area (Å²) in [5.74, 6) is -1.13. The molecule has 0 atom stereocenters. The maximum atomic E-state index is 13.1. The third-order valence-corrected chi connectivity index (χ3v) is 6.75. The molecule has 2 bridgehead atoms. The molecule has 0 radical (unpaired) electrons. The van der Waals surface area contributed by atoms with Crippen LogP contribution in [0.15, 0.2) is 16.6 Å². The van der Waals surface area contributed by atoms with E-state index < -0.39 is 16.8 Å².